The Labute approximate surface area is 145 Å². The van der Waals surface area contributed by atoms with E-state index in [1.807, 2.05) is 18.6 Å². The van der Waals surface area contributed by atoms with Crippen molar-refractivity contribution in [1.82, 2.24) is 29.8 Å². The maximum absolute atomic E-state index is 4.71. The summed E-state index contributed by atoms with van der Waals surface area (Å²) in [4.78, 5) is 23.6. The summed E-state index contributed by atoms with van der Waals surface area (Å²) in [5.41, 5.74) is 5.06. The first-order valence-corrected chi connectivity index (χ1v) is 9.17. The smallest absolute Gasteiger partial charge is 0.156 e. The molecule has 3 aromatic rings. The van der Waals surface area contributed by atoms with E-state index in [4.69, 9.17) is 4.98 Å². The molecule has 7 heteroatoms. The second-order valence-electron chi connectivity index (χ2n) is 6.22. The summed E-state index contributed by atoms with van der Waals surface area (Å²) in [6.45, 7) is 5.02. The van der Waals surface area contributed by atoms with E-state index in [9.17, 15) is 0 Å². The fraction of sp³-hybridized carbons (Fsp3) is 0.412. The zero-order valence-corrected chi connectivity index (χ0v) is 14.5. The largest absolute Gasteiger partial charge is 0.343 e. The molecular weight excluding hydrogens is 320 g/mol. The van der Waals surface area contributed by atoms with Crippen molar-refractivity contribution in [3.63, 3.8) is 0 Å². The number of H-pyrrole nitrogens is 1. The molecule has 6 nitrogen and oxygen atoms in total. The lowest BCUT2D eigenvalue weighted by atomic mass is 9.94. The number of nitrogens with one attached hydrogen (secondary N) is 1. The minimum atomic E-state index is 0.438. The fourth-order valence-electron chi connectivity index (χ4n) is 3.31. The zero-order chi connectivity index (χ0) is 16.4. The first kappa shape index (κ1) is 15.4. The van der Waals surface area contributed by atoms with Gasteiger partial charge in [-0.05, 0) is 32.4 Å². The van der Waals surface area contributed by atoms with Gasteiger partial charge in [0.05, 0.1) is 11.2 Å². The van der Waals surface area contributed by atoms with Gasteiger partial charge in [-0.15, -0.1) is 11.3 Å². The summed E-state index contributed by atoms with van der Waals surface area (Å²) < 4.78 is 0. The predicted molar refractivity (Wildman–Crippen MR) is 93.7 cm³/mol. The Kier molecular flexibility index (Phi) is 4.36. The molecule has 0 amide bonds. The molecule has 0 aliphatic carbocycles. The van der Waals surface area contributed by atoms with Gasteiger partial charge < -0.3 is 4.98 Å². The number of aromatic amines is 1. The van der Waals surface area contributed by atoms with Crippen LogP contribution in [0.3, 0.4) is 0 Å². The summed E-state index contributed by atoms with van der Waals surface area (Å²) in [6, 6.07) is 2.09. The average molecular weight is 340 g/mol. The zero-order valence-electron chi connectivity index (χ0n) is 13.6. The molecule has 24 heavy (non-hydrogen) atoms. The van der Waals surface area contributed by atoms with Crippen LogP contribution >= 0.6 is 11.3 Å². The van der Waals surface area contributed by atoms with E-state index in [2.05, 4.69) is 36.3 Å². The van der Waals surface area contributed by atoms with Crippen LogP contribution in [0, 0.1) is 6.92 Å². The molecule has 4 rings (SSSR count). The fourth-order valence-corrected chi connectivity index (χ4v) is 3.86. The van der Waals surface area contributed by atoms with Gasteiger partial charge >= 0.3 is 0 Å². The molecule has 1 aliphatic heterocycles. The molecule has 1 unspecified atom stereocenters. The maximum atomic E-state index is 4.71. The van der Waals surface area contributed by atoms with Crippen molar-refractivity contribution in [3.05, 3.63) is 46.6 Å². The maximum Gasteiger partial charge on any atom is 0.156 e. The first-order chi connectivity index (χ1) is 11.8. The Morgan fingerprint density at radius 3 is 3.08 bits per heavy atom. The lowest BCUT2D eigenvalue weighted by molar-refractivity contribution is 0.196. The molecule has 1 aliphatic rings. The van der Waals surface area contributed by atoms with E-state index in [0.717, 1.165) is 48.4 Å². The molecule has 1 fully saturated rings. The third-order valence-corrected chi connectivity index (χ3v) is 5.03. The van der Waals surface area contributed by atoms with Gasteiger partial charge in [0.15, 0.2) is 5.82 Å². The molecule has 0 spiro atoms. The molecule has 4 heterocycles. The van der Waals surface area contributed by atoms with Gasteiger partial charge in [-0.1, -0.05) is 0 Å². The number of aromatic nitrogens is 5. The van der Waals surface area contributed by atoms with Crippen molar-refractivity contribution in [2.75, 3.05) is 13.1 Å². The Morgan fingerprint density at radius 2 is 2.29 bits per heavy atom. The number of nitrogens with zero attached hydrogens (tertiary/aromatic N) is 5. The van der Waals surface area contributed by atoms with Crippen molar-refractivity contribution in [3.8, 4) is 11.5 Å². The van der Waals surface area contributed by atoms with Crippen molar-refractivity contribution >= 4 is 11.3 Å². The predicted octanol–water partition coefficient (Wildman–Crippen LogP) is 3.01. The summed E-state index contributed by atoms with van der Waals surface area (Å²) in [7, 11) is 0. The normalized spacial score (nSPS) is 18.8. The van der Waals surface area contributed by atoms with Crippen molar-refractivity contribution in [1.29, 1.82) is 0 Å². The van der Waals surface area contributed by atoms with Crippen LogP contribution in [0.25, 0.3) is 11.5 Å². The van der Waals surface area contributed by atoms with Crippen LogP contribution in [0.2, 0.25) is 0 Å². The Morgan fingerprint density at radius 1 is 1.33 bits per heavy atom. The molecule has 1 saturated heterocycles. The van der Waals surface area contributed by atoms with Gasteiger partial charge in [0.1, 0.15) is 11.5 Å². The molecule has 0 bridgehead atoms. The van der Waals surface area contributed by atoms with E-state index < -0.39 is 0 Å². The number of rotatable bonds is 4. The molecule has 0 radical (unpaired) electrons. The Hall–Kier alpha value is -2.12. The van der Waals surface area contributed by atoms with Gasteiger partial charge in [-0.25, -0.2) is 19.9 Å². The third-order valence-electron chi connectivity index (χ3n) is 4.39. The quantitative estimate of drug-likeness (QED) is 0.790. The number of hydrogen-bond acceptors (Lipinski definition) is 6. The highest BCUT2D eigenvalue weighted by atomic mass is 32.1. The average Bonchev–Trinajstić information content (AvgIpc) is 3.28. The van der Waals surface area contributed by atoms with E-state index in [1.54, 1.807) is 17.5 Å². The van der Waals surface area contributed by atoms with E-state index in [0.29, 0.717) is 5.92 Å². The van der Waals surface area contributed by atoms with E-state index in [-0.39, 0.29) is 0 Å². The summed E-state index contributed by atoms with van der Waals surface area (Å²) >= 11 is 1.66. The first-order valence-electron chi connectivity index (χ1n) is 8.22. The van der Waals surface area contributed by atoms with Crippen LogP contribution in [0.1, 0.15) is 36.0 Å². The highest BCUT2D eigenvalue weighted by Crippen LogP contribution is 2.28. The SMILES string of the molecule is Cc1nc(-c2ncc[nH]2)cc(C2CCCN(Cc3cscn3)C2)n1. The number of hydrogen-bond donors (Lipinski definition) is 1. The van der Waals surface area contributed by atoms with Crippen LogP contribution in [-0.2, 0) is 6.54 Å². The highest BCUT2D eigenvalue weighted by molar-refractivity contribution is 7.07. The highest BCUT2D eigenvalue weighted by Gasteiger charge is 2.24. The summed E-state index contributed by atoms with van der Waals surface area (Å²) in [5, 5.41) is 2.13. The molecule has 1 N–H and O–H groups in total. The van der Waals surface area contributed by atoms with Crippen molar-refractivity contribution in [2.24, 2.45) is 0 Å². The Balaban J connectivity index is 1.54. The van der Waals surface area contributed by atoms with Crippen LogP contribution in [0.5, 0.6) is 0 Å². The molecule has 3 aromatic heterocycles. The van der Waals surface area contributed by atoms with Gasteiger partial charge in [0.2, 0.25) is 0 Å². The van der Waals surface area contributed by atoms with E-state index in [1.165, 1.54) is 12.8 Å². The lowest BCUT2D eigenvalue weighted by Gasteiger charge is -2.32. The van der Waals surface area contributed by atoms with Gasteiger partial charge in [-0.3, -0.25) is 4.90 Å². The molecule has 124 valence electrons. The molecular formula is C17H20N6S. The summed E-state index contributed by atoms with van der Waals surface area (Å²) in [6.07, 6.45) is 5.93. The lowest BCUT2D eigenvalue weighted by Crippen LogP contribution is -2.34. The van der Waals surface area contributed by atoms with Gasteiger partial charge in [0.25, 0.3) is 0 Å². The van der Waals surface area contributed by atoms with Gasteiger partial charge in [-0.2, -0.15) is 0 Å². The Bertz CT molecular complexity index is 784. The monoisotopic (exact) mass is 340 g/mol. The number of imidazole rings is 1. The number of piperidine rings is 1. The van der Waals surface area contributed by atoms with Crippen LogP contribution in [0.4, 0.5) is 0 Å². The standard InChI is InChI=1S/C17H20N6S/c1-12-21-15(7-16(22-12)17-18-4-5-19-17)13-3-2-6-23(8-13)9-14-10-24-11-20-14/h4-5,7,10-11,13H,2-3,6,8-9H2,1H3,(H,18,19). The van der Waals surface area contributed by atoms with Gasteiger partial charge in [0, 0.05) is 42.5 Å². The van der Waals surface area contributed by atoms with Crippen LogP contribution < -0.4 is 0 Å². The minimum absolute atomic E-state index is 0.438. The number of likely N-dealkylation sites (tertiary alicyclic amines) is 1. The molecule has 0 aromatic carbocycles. The van der Waals surface area contributed by atoms with Crippen molar-refractivity contribution in [2.45, 2.75) is 32.2 Å². The number of aryl methyl sites for hydroxylation is 1. The second kappa shape index (κ2) is 6.78. The summed E-state index contributed by atoms with van der Waals surface area (Å²) in [5.74, 6) is 2.04. The second-order valence-corrected chi connectivity index (χ2v) is 6.94. The third kappa shape index (κ3) is 3.37. The van der Waals surface area contributed by atoms with Crippen molar-refractivity contribution < 1.29 is 0 Å². The molecule has 1 atom stereocenters. The topological polar surface area (TPSA) is 70.6 Å². The van der Waals surface area contributed by atoms with Crippen LogP contribution in [0.15, 0.2) is 29.4 Å². The van der Waals surface area contributed by atoms with Crippen LogP contribution in [-0.4, -0.2) is 42.9 Å². The minimum Gasteiger partial charge on any atom is -0.343 e. The molecule has 0 saturated carbocycles. The van der Waals surface area contributed by atoms with E-state index >= 15 is 0 Å². The number of thiazole rings is 1.